The van der Waals surface area contributed by atoms with Crippen LogP contribution in [0.1, 0.15) is 195 Å². The number of nitrogens with two attached hydrogens (primary N) is 4. The minimum atomic E-state index is -1.93. The Balaban J connectivity index is 1.27. The van der Waals surface area contributed by atoms with Crippen LogP contribution in [0, 0.1) is 68.5 Å². The Kier molecular flexibility index (Phi) is 38.8. The van der Waals surface area contributed by atoms with Crippen LogP contribution in [0.15, 0.2) is 30.3 Å². The van der Waals surface area contributed by atoms with Crippen molar-refractivity contribution in [2.24, 2.45) is 75.2 Å². The Bertz CT molecular complexity index is 3360. The lowest BCUT2D eigenvalue weighted by molar-refractivity contribution is -0.139. The van der Waals surface area contributed by atoms with Crippen LogP contribution < -0.4 is 92.1 Å². The molecule has 20 atom stereocenters. The summed E-state index contributed by atoms with van der Waals surface area (Å²) >= 11 is 0. The van der Waals surface area contributed by atoms with E-state index in [2.05, 4.69) is 89.9 Å². The molecule has 4 saturated carbocycles. The molecule has 4 aliphatic rings. The number of guanidine groups is 3. The topological polar surface area (TPSA) is 621 Å². The van der Waals surface area contributed by atoms with Crippen molar-refractivity contribution in [3.05, 3.63) is 35.9 Å². The van der Waals surface area contributed by atoms with Crippen LogP contribution in [0.2, 0.25) is 0 Å². The zero-order chi connectivity index (χ0) is 83.9. The third kappa shape index (κ3) is 29.4. The summed E-state index contributed by atoms with van der Waals surface area (Å²) in [5.41, 5.74) is 23.0. The normalized spacial score (nSPS) is 23.4. The van der Waals surface area contributed by atoms with E-state index in [1.54, 1.807) is 51.1 Å². The molecule has 4 aliphatic carbocycles. The summed E-state index contributed by atoms with van der Waals surface area (Å²) in [4.78, 5) is 154. The predicted molar refractivity (Wildman–Crippen MR) is 423 cm³/mol. The minimum Gasteiger partial charge on any atom is -0.481 e. The molecular weight excluding hydrogens is 1460 g/mol. The van der Waals surface area contributed by atoms with Gasteiger partial charge in [-0.1, -0.05) is 65.0 Å². The molecule has 1 aromatic carbocycles. The van der Waals surface area contributed by atoms with Gasteiger partial charge in [-0.15, -0.1) is 0 Å². The Morgan fingerprint density at radius 1 is 0.487 bits per heavy atom. The minimum absolute atomic E-state index is 0.00424. The number of rotatable bonds is 48. The number of carbonyl (C=O) groups excluding carboxylic acids is 10. The number of carboxylic acid groups (broad SMARTS) is 1. The predicted octanol–water partition coefficient (Wildman–Crippen LogP) is -1.66. The molecule has 0 heterocycles. The van der Waals surface area contributed by atoms with Crippen molar-refractivity contribution >= 4 is 82.9 Å². The summed E-state index contributed by atoms with van der Waals surface area (Å²) in [6.07, 6.45) is 8.90. The quantitative estimate of drug-likeness (QED) is 0.0197. The first-order chi connectivity index (χ1) is 53.5. The van der Waals surface area contributed by atoms with E-state index < -0.39 is 175 Å². The molecule has 0 spiro atoms. The Morgan fingerprint density at radius 2 is 0.938 bits per heavy atom. The number of nitrogens with one attached hydrogen (secondary N) is 16. The van der Waals surface area contributed by atoms with Gasteiger partial charge in [0, 0.05) is 44.9 Å². The highest BCUT2D eigenvalue weighted by Gasteiger charge is 2.61. The van der Waals surface area contributed by atoms with Gasteiger partial charge in [-0.25, -0.2) is 0 Å². The van der Waals surface area contributed by atoms with Gasteiger partial charge in [0.1, 0.15) is 54.4 Å². The molecule has 10 amide bonds. The number of unbranched alkanes of at least 4 members (excludes halogenated alkanes) is 1. The molecule has 636 valence electrons. The fourth-order valence-corrected chi connectivity index (χ4v) is 17.5. The van der Waals surface area contributed by atoms with Crippen LogP contribution in [-0.4, -0.2) is 220 Å². The number of carbonyl (C=O) groups is 11. The van der Waals surface area contributed by atoms with Gasteiger partial charge >= 0.3 is 5.97 Å². The van der Waals surface area contributed by atoms with Crippen molar-refractivity contribution < 1.29 is 78.3 Å². The maximum atomic E-state index is 14.7. The number of aliphatic carboxylic acids is 1. The molecule has 0 aromatic heterocycles. The monoisotopic (exact) mass is 1590 g/mol. The molecule has 4 fully saturated rings. The van der Waals surface area contributed by atoms with Gasteiger partial charge in [-0.2, -0.15) is 0 Å². The van der Waals surface area contributed by atoms with Crippen molar-refractivity contribution in [1.82, 2.24) is 69.1 Å². The summed E-state index contributed by atoms with van der Waals surface area (Å²) in [5.74, 6) is -9.29. The molecule has 0 saturated heterocycles. The summed E-state index contributed by atoms with van der Waals surface area (Å²) in [7, 11) is 0. The summed E-state index contributed by atoms with van der Waals surface area (Å²) in [6, 6.07) is -6.13. The van der Waals surface area contributed by atoms with Gasteiger partial charge in [0.2, 0.25) is 59.1 Å². The van der Waals surface area contributed by atoms with E-state index in [0.717, 1.165) is 44.9 Å². The summed E-state index contributed by atoms with van der Waals surface area (Å²) in [6.45, 7) is 11.8. The SMILES string of the molecule is CC(C)[C@H](NC(=O)[C@@H](NC(=O)CC[C@@H](C)[C@H]1CCC2C3CCC4C[C@H](O)CC[C@]4(C)C3CC[C@@]21C)[C@@H](C)O)C(=O)N[C@@H](Cc1ccccc1)C(=O)N[C@H](CCCNC(=N)N)C(=O)N[C@@H](CO)C(=O)NC(CO)C(=O)N[C@@H](CCCNC(=N)N)C(=O)N[C@@H](CCC(=O)O)C(=O)N[C@@H](CCCCN)C(=O)N[C@H](C)CCCNC(=N)N. The van der Waals surface area contributed by atoms with Gasteiger partial charge < -0.3 is 118 Å². The number of aliphatic hydroxyl groups excluding tert-OH is 4. The molecule has 36 heteroatoms. The van der Waals surface area contributed by atoms with Gasteiger partial charge in [-0.3, -0.25) is 69.0 Å². The molecule has 113 heavy (non-hydrogen) atoms. The van der Waals surface area contributed by atoms with E-state index in [1.807, 2.05) is 0 Å². The third-order valence-corrected chi connectivity index (χ3v) is 23.7. The molecule has 5 unspecified atom stereocenters. The maximum Gasteiger partial charge on any atom is 0.303 e. The lowest BCUT2D eigenvalue weighted by Gasteiger charge is -2.61. The van der Waals surface area contributed by atoms with Crippen LogP contribution >= 0.6 is 0 Å². The fourth-order valence-electron chi connectivity index (χ4n) is 17.5. The van der Waals surface area contributed by atoms with E-state index >= 15 is 0 Å². The highest BCUT2D eigenvalue weighted by molar-refractivity contribution is 5.99. The molecule has 0 bridgehead atoms. The average Bonchev–Trinajstić information content (AvgIpc) is 1.69. The maximum absolute atomic E-state index is 14.7. The molecule has 0 aliphatic heterocycles. The first-order valence-electron chi connectivity index (χ1n) is 40.3. The van der Waals surface area contributed by atoms with Crippen LogP contribution in [0.25, 0.3) is 0 Å². The van der Waals surface area contributed by atoms with E-state index in [1.165, 1.54) is 19.8 Å². The number of benzene rings is 1. The van der Waals surface area contributed by atoms with Gasteiger partial charge in [0.05, 0.1) is 25.4 Å². The third-order valence-electron chi connectivity index (χ3n) is 23.7. The van der Waals surface area contributed by atoms with E-state index in [0.29, 0.717) is 73.8 Å². The molecule has 0 radical (unpaired) electrons. The van der Waals surface area contributed by atoms with E-state index in [9.17, 15) is 78.3 Å². The number of hydrogen-bond donors (Lipinski definition) is 25. The van der Waals surface area contributed by atoms with Gasteiger partial charge in [0.15, 0.2) is 17.9 Å². The van der Waals surface area contributed by atoms with Crippen LogP contribution in [0.4, 0.5) is 0 Å². The zero-order valence-corrected chi connectivity index (χ0v) is 66.9. The number of amides is 10. The number of aliphatic hydroxyl groups is 4. The van der Waals surface area contributed by atoms with Crippen LogP contribution in [0.3, 0.4) is 0 Å². The first kappa shape index (κ1) is 94.6. The molecule has 5 rings (SSSR count). The second-order valence-electron chi connectivity index (χ2n) is 32.4. The van der Waals surface area contributed by atoms with Crippen LogP contribution in [-0.2, 0) is 59.2 Å². The fraction of sp³-hybridized carbons (Fsp3) is 0.740. The summed E-state index contributed by atoms with van der Waals surface area (Å²) in [5, 5.41) is 109. The van der Waals surface area contributed by atoms with Crippen molar-refractivity contribution in [3.63, 3.8) is 0 Å². The Labute approximate surface area is 663 Å². The second-order valence-corrected chi connectivity index (χ2v) is 32.4. The van der Waals surface area contributed by atoms with Crippen molar-refractivity contribution in [1.29, 1.82) is 16.2 Å². The standard InChI is InChI=1S/C77H132N20O16/c1-42(2)62(97-72(113)63(45(5)100)96-60(102)28-22-43(3)50-25-26-51-49-24-23-47-39-48(101)30-32-76(47,6)52(49)31-33-77(50,51)7)71(112)93-57(38-46-17-9-8-10-18-46)68(109)90-55(21-15-37-87-75(83)84)66(107)94-59(41-99)70(111)95-58(40-98)69(110)91-54(20-14-36-86-74(81)82)65(106)92-56(27-29-61(103)104)67(108)89-53(19-11-12-34-78)64(105)88-44(4)16-13-35-85-73(79)80/h8-10,17-18,42-45,47-59,62-63,98-101H,11-16,19-41,78H2,1-7H3,(H,88,105)(H,89,108)(H,90,109)(H,91,110)(H,92,106)(H,93,112)(H,94,107)(H,95,111)(H,96,102)(H,97,113)(H,103,104)(H4,79,80,85)(H4,81,82,86)(H4,83,84,87)/t43-,44-,45-,47?,48-,49?,50-,51?,52?,53+,54+,55-,56+,57+,58?,59+,62+,63+,76+,77-/m1/s1. The van der Waals surface area contributed by atoms with E-state index in [-0.39, 0.29) is 93.4 Å². The second kappa shape index (κ2) is 46.4. The first-order valence-corrected chi connectivity index (χ1v) is 40.3. The molecule has 36 nitrogen and oxygen atoms in total. The molecular formula is C77H132N20O16. The highest BCUT2D eigenvalue weighted by atomic mass is 16.4. The average molecular weight is 1590 g/mol. The molecule has 1 aromatic rings. The number of hydrogen-bond acceptors (Lipinski definition) is 19. The van der Waals surface area contributed by atoms with Crippen LogP contribution in [0.5, 0.6) is 0 Å². The van der Waals surface area contributed by atoms with Gasteiger partial charge in [-0.05, 0) is 207 Å². The molecule has 29 N–H and O–H groups in total. The van der Waals surface area contributed by atoms with Crippen molar-refractivity contribution in [2.45, 2.75) is 269 Å². The zero-order valence-electron chi connectivity index (χ0n) is 66.9. The number of carboxylic acids is 1. The largest absolute Gasteiger partial charge is 0.481 e. The lowest BCUT2D eigenvalue weighted by atomic mass is 9.44. The van der Waals surface area contributed by atoms with Crippen molar-refractivity contribution in [2.75, 3.05) is 39.4 Å². The van der Waals surface area contributed by atoms with Crippen molar-refractivity contribution in [3.8, 4) is 0 Å². The highest BCUT2D eigenvalue weighted by Crippen LogP contribution is 2.68. The van der Waals surface area contributed by atoms with Gasteiger partial charge in [0.25, 0.3) is 0 Å². The Hall–Kier alpha value is -9.00. The smallest absolute Gasteiger partial charge is 0.303 e. The van der Waals surface area contributed by atoms with E-state index in [4.69, 9.17) is 39.2 Å². The number of fused-ring (bicyclic) bond motifs is 5. The Morgan fingerprint density at radius 3 is 1.43 bits per heavy atom. The summed E-state index contributed by atoms with van der Waals surface area (Å²) < 4.78 is 0. The lowest BCUT2D eigenvalue weighted by Crippen LogP contribution is -2.62.